The standard InChI is InChI=1S/C19H28N4/c1-15-5-3-4-6-18(15)8-7-17-9-12-23(13-10-17)14-11-19-20-16(2)21-22-19/h3-6,17H,7-14H2,1-2H3,(H,20,21,22). The van der Waals surface area contributed by atoms with E-state index in [0.29, 0.717) is 0 Å². The summed E-state index contributed by atoms with van der Waals surface area (Å²) in [6.07, 6.45) is 6.18. The van der Waals surface area contributed by atoms with E-state index in [1.807, 2.05) is 6.92 Å². The second-order valence-electron chi connectivity index (χ2n) is 6.84. The van der Waals surface area contributed by atoms with Crippen LogP contribution in [-0.4, -0.2) is 39.7 Å². The van der Waals surface area contributed by atoms with Crippen LogP contribution in [0.15, 0.2) is 24.3 Å². The number of likely N-dealkylation sites (tertiary alicyclic amines) is 1. The summed E-state index contributed by atoms with van der Waals surface area (Å²) < 4.78 is 0. The van der Waals surface area contributed by atoms with Gasteiger partial charge in [-0.2, -0.15) is 5.10 Å². The highest BCUT2D eigenvalue weighted by Gasteiger charge is 2.19. The second kappa shape index (κ2) is 7.73. The largest absolute Gasteiger partial charge is 0.303 e. The van der Waals surface area contributed by atoms with E-state index in [0.717, 1.165) is 30.5 Å². The maximum atomic E-state index is 4.39. The summed E-state index contributed by atoms with van der Waals surface area (Å²) in [6, 6.07) is 8.80. The minimum absolute atomic E-state index is 0.886. The average molecular weight is 312 g/mol. The molecule has 1 fully saturated rings. The molecule has 4 heteroatoms. The van der Waals surface area contributed by atoms with Crippen molar-refractivity contribution in [3.63, 3.8) is 0 Å². The molecule has 0 bridgehead atoms. The van der Waals surface area contributed by atoms with E-state index in [1.54, 1.807) is 0 Å². The number of nitrogens with one attached hydrogen (secondary N) is 1. The number of H-pyrrole nitrogens is 1. The summed E-state index contributed by atoms with van der Waals surface area (Å²) in [5, 5.41) is 7.14. The molecule has 1 N–H and O–H groups in total. The number of hydrogen-bond acceptors (Lipinski definition) is 3. The molecule has 0 aliphatic carbocycles. The summed E-state index contributed by atoms with van der Waals surface area (Å²) in [4.78, 5) is 6.95. The van der Waals surface area contributed by atoms with Crippen LogP contribution in [0, 0.1) is 19.8 Å². The summed E-state index contributed by atoms with van der Waals surface area (Å²) >= 11 is 0. The maximum absolute atomic E-state index is 4.39. The van der Waals surface area contributed by atoms with Crippen molar-refractivity contribution >= 4 is 0 Å². The predicted molar refractivity (Wildman–Crippen MR) is 93.5 cm³/mol. The van der Waals surface area contributed by atoms with Crippen LogP contribution in [0.1, 0.15) is 42.0 Å². The van der Waals surface area contributed by atoms with Crippen LogP contribution in [0.4, 0.5) is 0 Å². The third-order valence-corrected chi connectivity index (χ3v) is 5.09. The lowest BCUT2D eigenvalue weighted by Crippen LogP contribution is -2.35. The topological polar surface area (TPSA) is 44.8 Å². The van der Waals surface area contributed by atoms with Crippen molar-refractivity contribution in [2.75, 3.05) is 19.6 Å². The van der Waals surface area contributed by atoms with Gasteiger partial charge in [-0.25, -0.2) is 4.98 Å². The molecular formula is C19H28N4. The molecule has 1 aliphatic heterocycles. The molecule has 23 heavy (non-hydrogen) atoms. The van der Waals surface area contributed by atoms with Gasteiger partial charge in [0.1, 0.15) is 5.82 Å². The van der Waals surface area contributed by atoms with Crippen molar-refractivity contribution in [3.8, 4) is 0 Å². The highest BCUT2D eigenvalue weighted by atomic mass is 15.2. The molecule has 0 unspecified atom stereocenters. The fourth-order valence-corrected chi connectivity index (χ4v) is 3.51. The smallest absolute Gasteiger partial charge is 0.151 e. The van der Waals surface area contributed by atoms with Gasteiger partial charge in [-0.15, -0.1) is 0 Å². The molecule has 0 amide bonds. The van der Waals surface area contributed by atoms with Crippen molar-refractivity contribution in [2.45, 2.75) is 46.0 Å². The Balaban J connectivity index is 1.37. The molecular weight excluding hydrogens is 284 g/mol. The Morgan fingerprint density at radius 2 is 1.91 bits per heavy atom. The summed E-state index contributed by atoms with van der Waals surface area (Å²) in [5.74, 6) is 2.75. The third kappa shape index (κ3) is 4.64. The van der Waals surface area contributed by atoms with Crippen molar-refractivity contribution in [1.82, 2.24) is 20.1 Å². The van der Waals surface area contributed by atoms with Crippen molar-refractivity contribution in [3.05, 3.63) is 47.0 Å². The maximum Gasteiger partial charge on any atom is 0.151 e. The quantitative estimate of drug-likeness (QED) is 0.890. The van der Waals surface area contributed by atoms with Crippen LogP contribution in [0.5, 0.6) is 0 Å². The molecule has 2 heterocycles. The van der Waals surface area contributed by atoms with Crippen LogP contribution in [0.3, 0.4) is 0 Å². The van der Waals surface area contributed by atoms with E-state index >= 15 is 0 Å². The molecule has 1 saturated heterocycles. The summed E-state index contributed by atoms with van der Waals surface area (Å²) in [6.45, 7) is 7.71. The molecule has 0 radical (unpaired) electrons. The highest BCUT2D eigenvalue weighted by Crippen LogP contribution is 2.23. The van der Waals surface area contributed by atoms with Crippen molar-refractivity contribution in [2.24, 2.45) is 5.92 Å². The molecule has 124 valence electrons. The van der Waals surface area contributed by atoms with Crippen molar-refractivity contribution < 1.29 is 0 Å². The molecule has 1 aliphatic rings. The zero-order valence-corrected chi connectivity index (χ0v) is 14.4. The number of rotatable bonds is 6. The van der Waals surface area contributed by atoms with Crippen LogP contribution in [-0.2, 0) is 12.8 Å². The van der Waals surface area contributed by atoms with E-state index in [4.69, 9.17) is 0 Å². The number of aromatic nitrogens is 3. The molecule has 0 atom stereocenters. The Kier molecular flexibility index (Phi) is 5.44. The Bertz CT molecular complexity index is 611. The molecule has 0 spiro atoms. The molecule has 4 nitrogen and oxygen atoms in total. The van der Waals surface area contributed by atoms with Crippen molar-refractivity contribution in [1.29, 1.82) is 0 Å². The first-order valence-corrected chi connectivity index (χ1v) is 8.85. The first kappa shape index (κ1) is 16.2. The van der Waals surface area contributed by atoms with Gasteiger partial charge in [0.25, 0.3) is 0 Å². The summed E-state index contributed by atoms with van der Waals surface area (Å²) in [7, 11) is 0. The lowest BCUT2D eigenvalue weighted by molar-refractivity contribution is 0.180. The van der Waals surface area contributed by atoms with Crippen LogP contribution in [0.2, 0.25) is 0 Å². The fourth-order valence-electron chi connectivity index (χ4n) is 3.51. The lowest BCUT2D eigenvalue weighted by atomic mass is 9.89. The van der Waals surface area contributed by atoms with E-state index < -0.39 is 0 Å². The zero-order valence-electron chi connectivity index (χ0n) is 14.4. The Hall–Kier alpha value is -1.68. The monoisotopic (exact) mass is 312 g/mol. The minimum atomic E-state index is 0.886. The second-order valence-corrected chi connectivity index (χ2v) is 6.84. The zero-order chi connectivity index (χ0) is 16.1. The fraction of sp³-hybridized carbons (Fsp3) is 0.579. The van der Waals surface area contributed by atoms with Crippen LogP contribution < -0.4 is 0 Å². The SMILES string of the molecule is Cc1nc(CCN2CCC(CCc3ccccc3C)CC2)n[nH]1. The molecule has 2 aromatic rings. The van der Waals surface area contributed by atoms with Crippen LogP contribution in [0.25, 0.3) is 0 Å². The van der Waals surface area contributed by atoms with Gasteiger partial charge in [-0.3, -0.25) is 5.10 Å². The predicted octanol–water partition coefficient (Wildman–Crippen LogP) is 3.31. The molecule has 0 saturated carbocycles. The van der Waals surface area contributed by atoms with Gasteiger partial charge >= 0.3 is 0 Å². The number of nitrogens with zero attached hydrogens (tertiary/aromatic N) is 3. The Morgan fingerprint density at radius 3 is 2.61 bits per heavy atom. The van der Waals surface area contributed by atoms with Crippen LogP contribution >= 0.6 is 0 Å². The molecule has 3 rings (SSSR count). The Morgan fingerprint density at radius 1 is 1.13 bits per heavy atom. The first-order chi connectivity index (χ1) is 11.2. The minimum Gasteiger partial charge on any atom is -0.303 e. The number of piperidine rings is 1. The molecule has 1 aromatic heterocycles. The lowest BCUT2D eigenvalue weighted by Gasteiger charge is -2.31. The summed E-state index contributed by atoms with van der Waals surface area (Å²) in [5.41, 5.74) is 2.96. The van der Waals surface area contributed by atoms with E-state index in [-0.39, 0.29) is 0 Å². The highest BCUT2D eigenvalue weighted by molar-refractivity contribution is 5.25. The van der Waals surface area contributed by atoms with Gasteiger partial charge in [0.05, 0.1) is 0 Å². The average Bonchev–Trinajstić information content (AvgIpc) is 2.99. The van der Waals surface area contributed by atoms with Gasteiger partial charge in [0.15, 0.2) is 5.82 Å². The van der Waals surface area contributed by atoms with Gasteiger partial charge in [0.2, 0.25) is 0 Å². The van der Waals surface area contributed by atoms with E-state index in [1.165, 1.54) is 49.9 Å². The van der Waals surface area contributed by atoms with E-state index in [9.17, 15) is 0 Å². The van der Waals surface area contributed by atoms with Gasteiger partial charge < -0.3 is 4.90 Å². The first-order valence-electron chi connectivity index (χ1n) is 8.85. The van der Waals surface area contributed by atoms with Gasteiger partial charge in [-0.1, -0.05) is 24.3 Å². The number of benzene rings is 1. The van der Waals surface area contributed by atoms with E-state index in [2.05, 4.69) is 51.3 Å². The normalized spacial score (nSPS) is 16.8. The Labute approximate surface area is 139 Å². The molecule has 1 aromatic carbocycles. The number of hydrogen-bond donors (Lipinski definition) is 1. The van der Waals surface area contributed by atoms with Gasteiger partial charge in [-0.05, 0) is 69.7 Å². The number of aromatic amines is 1. The third-order valence-electron chi connectivity index (χ3n) is 5.09. The van der Waals surface area contributed by atoms with Gasteiger partial charge in [0, 0.05) is 13.0 Å². The number of aryl methyl sites for hydroxylation is 3.